The molecule has 1 aromatic carbocycles. The summed E-state index contributed by atoms with van der Waals surface area (Å²) in [5.74, 6) is 1.64. The molecule has 3 rings (SSSR count). The molecule has 0 spiro atoms. The molecule has 1 nitrogen and oxygen atoms in total. The molecule has 134 valence electrons. The lowest BCUT2D eigenvalue weighted by molar-refractivity contribution is 0.116. The van der Waals surface area contributed by atoms with Crippen LogP contribution in [0.3, 0.4) is 0 Å². The van der Waals surface area contributed by atoms with Crippen molar-refractivity contribution in [2.24, 2.45) is 5.92 Å². The quantitative estimate of drug-likeness (QED) is 0.642. The number of piperidine rings is 1. The maximum atomic E-state index is 2.64. The van der Waals surface area contributed by atoms with Gasteiger partial charge in [-0.05, 0) is 81.0 Å². The van der Waals surface area contributed by atoms with E-state index in [0.717, 1.165) is 11.8 Å². The van der Waals surface area contributed by atoms with Gasteiger partial charge in [0, 0.05) is 6.04 Å². The number of rotatable bonds is 4. The monoisotopic (exact) mass is 327 g/mol. The maximum Gasteiger partial charge on any atom is 0.00385 e. The van der Waals surface area contributed by atoms with Crippen molar-refractivity contribution in [3.05, 3.63) is 35.4 Å². The van der Waals surface area contributed by atoms with Crippen LogP contribution in [-0.2, 0) is 5.41 Å². The molecule has 1 aromatic rings. The van der Waals surface area contributed by atoms with E-state index in [1.807, 2.05) is 0 Å². The van der Waals surface area contributed by atoms with E-state index in [4.69, 9.17) is 0 Å². The Kier molecular flexibility index (Phi) is 5.70. The summed E-state index contributed by atoms with van der Waals surface area (Å²) in [6.07, 6.45) is 9.77. The third kappa shape index (κ3) is 3.87. The van der Waals surface area contributed by atoms with Crippen molar-refractivity contribution in [2.75, 3.05) is 13.1 Å². The normalized spacial score (nSPS) is 22.2. The second kappa shape index (κ2) is 7.60. The number of hydrogen-bond donors (Lipinski definition) is 0. The number of nitrogens with zero attached hydrogens (tertiary/aromatic N) is 1. The highest BCUT2D eigenvalue weighted by Crippen LogP contribution is 2.39. The minimum absolute atomic E-state index is 0.300. The average Bonchev–Trinajstić information content (AvgIpc) is 2.62. The van der Waals surface area contributed by atoms with E-state index in [0.29, 0.717) is 11.5 Å². The smallest absolute Gasteiger partial charge is 0.00385 e. The van der Waals surface area contributed by atoms with Crippen molar-refractivity contribution in [1.29, 1.82) is 0 Å². The summed E-state index contributed by atoms with van der Waals surface area (Å²) in [5.41, 5.74) is 3.43. The maximum absolute atomic E-state index is 2.64. The van der Waals surface area contributed by atoms with Gasteiger partial charge in [0.2, 0.25) is 0 Å². The van der Waals surface area contributed by atoms with Crippen LogP contribution in [0.4, 0.5) is 0 Å². The molecule has 1 aliphatic carbocycles. The molecule has 0 radical (unpaired) electrons. The first-order valence-corrected chi connectivity index (χ1v) is 10.3. The molecule has 1 saturated carbocycles. The summed E-state index contributed by atoms with van der Waals surface area (Å²) in [6.45, 7) is 12.1. The Hall–Kier alpha value is -0.820. The molecule has 1 heteroatoms. The van der Waals surface area contributed by atoms with Gasteiger partial charge in [-0.1, -0.05) is 57.4 Å². The van der Waals surface area contributed by atoms with Crippen molar-refractivity contribution >= 4 is 0 Å². The molecule has 2 aliphatic rings. The molecule has 24 heavy (non-hydrogen) atoms. The van der Waals surface area contributed by atoms with Gasteiger partial charge in [-0.3, -0.25) is 0 Å². The molecule has 2 fully saturated rings. The zero-order chi connectivity index (χ0) is 17.2. The summed E-state index contributed by atoms with van der Waals surface area (Å²) >= 11 is 0. The molecule has 0 unspecified atom stereocenters. The van der Waals surface area contributed by atoms with Crippen molar-refractivity contribution < 1.29 is 0 Å². The van der Waals surface area contributed by atoms with E-state index in [2.05, 4.69) is 56.9 Å². The van der Waals surface area contributed by atoms with E-state index in [9.17, 15) is 0 Å². The molecular weight excluding hydrogens is 290 g/mol. The molecule has 0 amide bonds. The summed E-state index contributed by atoms with van der Waals surface area (Å²) in [5, 5.41) is 0. The van der Waals surface area contributed by atoms with Crippen LogP contribution in [0.1, 0.15) is 89.7 Å². The Morgan fingerprint density at radius 3 is 2.00 bits per heavy atom. The summed E-state index contributed by atoms with van der Waals surface area (Å²) in [4.78, 5) is 2.64. The second-order valence-corrected chi connectivity index (χ2v) is 9.08. The first kappa shape index (κ1) is 18.0. The minimum Gasteiger partial charge on any atom is -0.301 e. The molecule has 1 saturated heterocycles. The van der Waals surface area contributed by atoms with Crippen LogP contribution in [0, 0.1) is 5.92 Å². The van der Waals surface area contributed by atoms with Gasteiger partial charge in [0.15, 0.2) is 0 Å². The lowest BCUT2D eigenvalue weighted by atomic mass is 9.69. The van der Waals surface area contributed by atoms with E-state index in [-0.39, 0.29) is 0 Å². The van der Waals surface area contributed by atoms with Gasteiger partial charge in [0.25, 0.3) is 0 Å². The fraction of sp³-hybridized carbons (Fsp3) is 0.739. The fourth-order valence-corrected chi connectivity index (χ4v) is 4.99. The average molecular weight is 328 g/mol. The summed E-state index contributed by atoms with van der Waals surface area (Å²) < 4.78 is 0. The molecule has 1 aliphatic heterocycles. The zero-order valence-corrected chi connectivity index (χ0v) is 16.4. The first-order valence-electron chi connectivity index (χ1n) is 10.3. The van der Waals surface area contributed by atoms with Gasteiger partial charge in [0.1, 0.15) is 0 Å². The summed E-state index contributed by atoms with van der Waals surface area (Å²) in [6, 6.07) is 10.5. The third-order valence-electron chi connectivity index (χ3n) is 7.01. The van der Waals surface area contributed by atoms with E-state index >= 15 is 0 Å². The molecule has 0 N–H and O–H groups in total. The van der Waals surface area contributed by atoms with Crippen molar-refractivity contribution in [3.63, 3.8) is 0 Å². The van der Waals surface area contributed by atoms with Crippen LogP contribution in [0.5, 0.6) is 0 Å². The Labute approximate surface area is 149 Å². The van der Waals surface area contributed by atoms with Crippen molar-refractivity contribution in [1.82, 2.24) is 4.90 Å². The van der Waals surface area contributed by atoms with Gasteiger partial charge in [-0.15, -0.1) is 0 Å². The van der Waals surface area contributed by atoms with E-state index < -0.39 is 0 Å². The SMILES string of the molecule is CC(C)N1CCC(C(C)(C)c2ccc(C3CCCCC3)cc2)CC1. The van der Waals surface area contributed by atoms with Gasteiger partial charge < -0.3 is 4.90 Å². The number of benzene rings is 1. The lowest BCUT2D eigenvalue weighted by Gasteiger charge is -2.42. The van der Waals surface area contributed by atoms with E-state index in [1.54, 1.807) is 11.1 Å². The van der Waals surface area contributed by atoms with Crippen LogP contribution in [0.25, 0.3) is 0 Å². The van der Waals surface area contributed by atoms with Crippen LogP contribution >= 0.6 is 0 Å². The number of likely N-dealkylation sites (tertiary alicyclic amines) is 1. The Bertz CT molecular complexity index is 499. The molecule has 0 bridgehead atoms. The van der Waals surface area contributed by atoms with Crippen LogP contribution < -0.4 is 0 Å². The van der Waals surface area contributed by atoms with Gasteiger partial charge in [0.05, 0.1) is 0 Å². The topological polar surface area (TPSA) is 3.24 Å². The van der Waals surface area contributed by atoms with Crippen molar-refractivity contribution in [3.8, 4) is 0 Å². The Morgan fingerprint density at radius 1 is 0.875 bits per heavy atom. The number of hydrogen-bond acceptors (Lipinski definition) is 1. The minimum atomic E-state index is 0.300. The second-order valence-electron chi connectivity index (χ2n) is 9.08. The summed E-state index contributed by atoms with van der Waals surface area (Å²) in [7, 11) is 0. The highest BCUT2D eigenvalue weighted by atomic mass is 15.1. The molecule has 0 atom stereocenters. The van der Waals surface area contributed by atoms with Gasteiger partial charge in [-0.25, -0.2) is 0 Å². The van der Waals surface area contributed by atoms with Crippen molar-refractivity contribution in [2.45, 2.75) is 90.0 Å². The highest BCUT2D eigenvalue weighted by molar-refractivity contribution is 5.31. The van der Waals surface area contributed by atoms with E-state index in [1.165, 1.54) is 58.0 Å². The standard InChI is InChI=1S/C23H37N/c1-18(2)24-16-14-22(15-17-24)23(3,4)21-12-10-20(11-13-21)19-8-6-5-7-9-19/h10-13,18-19,22H,5-9,14-17H2,1-4H3. The molecular formula is C23H37N. The predicted octanol–water partition coefficient (Wildman–Crippen LogP) is 6.13. The first-order chi connectivity index (χ1) is 11.5. The third-order valence-corrected chi connectivity index (χ3v) is 7.01. The lowest BCUT2D eigenvalue weighted by Crippen LogP contribution is -2.43. The Balaban J connectivity index is 1.66. The van der Waals surface area contributed by atoms with Crippen LogP contribution in [0.15, 0.2) is 24.3 Å². The van der Waals surface area contributed by atoms with Gasteiger partial charge >= 0.3 is 0 Å². The zero-order valence-electron chi connectivity index (χ0n) is 16.4. The fourth-order valence-electron chi connectivity index (χ4n) is 4.99. The van der Waals surface area contributed by atoms with Crippen LogP contribution in [0.2, 0.25) is 0 Å². The highest BCUT2D eigenvalue weighted by Gasteiger charge is 2.34. The molecule has 0 aromatic heterocycles. The molecule has 1 heterocycles. The van der Waals surface area contributed by atoms with Gasteiger partial charge in [-0.2, -0.15) is 0 Å². The Morgan fingerprint density at radius 2 is 1.46 bits per heavy atom. The largest absolute Gasteiger partial charge is 0.301 e. The predicted molar refractivity (Wildman–Crippen MR) is 105 cm³/mol. The van der Waals surface area contributed by atoms with Crippen LogP contribution in [-0.4, -0.2) is 24.0 Å².